The van der Waals surface area contributed by atoms with Crippen LogP contribution in [0, 0.1) is 11.3 Å². The third-order valence-corrected chi connectivity index (χ3v) is 3.87. The maximum Gasteiger partial charge on any atom is 0.224 e. The molecule has 120 valence electrons. The second-order valence-electron chi connectivity index (χ2n) is 5.43. The standard InChI is InChI=1S/C17H19N3O3/c1-21-13-4-6-14(7-5-13)23-17-16(19)9-12(10-18)20(17)11-15-3-2-8-22-15/h4-7,9,15H,2-3,8,11,19H2,1H3. The molecule has 1 aromatic heterocycles. The molecular formula is C17H19N3O3. The molecule has 1 unspecified atom stereocenters. The zero-order valence-corrected chi connectivity index (χ0v) is 13.0. The first-order valence-corrected chi connectivity index (χ1v) is 7.54. The van der Waals surface area contributed by atoms with E-state index in [2.05, 4.69) is 6.07 Å². The van der Waals surface area contributed by atoms with E-state index in [0.29, 0.717) is 29.6 Å². The number of nitriles is 1. The predicted octanol–water partition coefficient (Wildman–Crippen LogP) is 2.92. The summed E-state index contributed by atoms with van der Waals surface area (Å²) in [5.41, 5.74) is 6.95. The average Bonchev–Trinajstić information content (AvgIpc) is 3.18. The maximum absolute atomic E-state index is 9.33. The van der Waals surface area contributed by atoms with Crippen LogP contribution in [0.1, 0.15) is 18.5 Å². The quantitative estimate of drug-likeness (QED) is 0.917. The minimum absolute atomic E-state index is 0.0899. The third kappa shape index (κ3) is 3.25. The Labute approximate surface area is 135 Å². The average molecular weight is 313 g/mol. The van der Waals surface area contributed by atoms with Crippen molar-refractivity contribution in [2.75, 3.05) is 19.5 Å². The number of aromatic nitrogens is 1. The molecule has 0 amide bonds. The number of rotatable bonds is 5. The molecular weight excluding hydrogens is 294 g/mol. The highest BCUT2D eigenvalue weighted by Crippen LogP contribution is 2.33. The number of hydrogen-bond acceptors (Lipinski definition) is 5. The van der Waals surface area contributed by atoms with E-state index < -0.39 is 0 Å². The predicted molar refractivity (Wildman–Crippen MR) is 85.6 cm³/mol. The van der Waals surface area contributed by atoms with Gasteiger partial charge in [0.25, 0.3) is 0 Å². The summed E-state index contributed by atoms with van der Waals surface area (Å²) in [6.45, 7) is 1.32. The SMILES string of the molecule is COc1ccc(Oc2c(N)cc(C#N)n2CC2CCCO2)cc1. The molecule has 6 heteroatoms. The van der Waals surface area contributed by atoms with Gasteiger partial charge in [-0.1, -0.05) is 0 Å². The number of nitrogen functional groups attached to an aromatic ring is 1. The molecule has 2 N–H and O–H groups in total. The highest BCUT2D eigenvalue weighted by molar-refractivity contribution is 5.56. The van der Waals surface area contributed by atoms with Gasteiger partial charge in [-0.2, -0.15) is 5.26 Å². The van der Waals surface area contributed by atoms with Gasteiger partial charge in [-0.25, -0.2) is 0 Å². The zero-order chi connectivity index (χ0) is 16.2. The Morgan fingerprint density at radius 1 is 1.35 bits per heavy atom. The Hall–Kier alpha value is -2.65. The minimum Gasteiger partial charge on any atom is -0.497 e. The molecule has 0 spiro atoms. The first kappa shape index (κ1) is 15.3. The normalized spacial score (nSPS) is 17.0. The van der Waals surface area contributed by atoms with Crippen molar-refractivity contribution in [2.45, 2.75) is 25.5 Å². The van der Waals surface area contributed by atoms with Crippen molar-refractivity contribution in [3.63, 3.8) is 0 Å². The fraction of sp³-hybridized carbons (Fsp3) is 0.353. The molecule has 1 atom stereocenters. The Morgan fingerprint density at radius 3 is 2.70 bits per heavy atom. The fourth-order valence-electron chi connectivity index (χ4n) is 2.69. The summed E-state index contributed by atoms with van der Waals surface area (Å²) in [4.78, 5) is 0. The Balaban J connectivity index is 1.87. The van der Waals surface area contributed by atoms with Crippen LogP contribution in [0.4, 0.5) is 5.69 Å². The lowest BCUT2D eigenvalue weighted by molar-refractivity contribution is 0.0952. The first-order chi connectivity index (χ1) is 11.2. The van der Waals surface area contributed by atoms with Crippen molar-refractivity contribution in [3.05, 3.63) is 36.0 Å². The molecule has 1 aliphatic heterocycles. The Kier molecular flexibility index (Phi) is 4.40. The highest BCUT2D eigenvalue weighted by atomic mass is 16.5. The molecule has 0 saturated carbocycles. The van der Waals surface area contributed by atoms with E-state index in [0.717, 1.165) is 25.2 Å². The second kappa shape index (κ2) is 6.63. The number of nitrogens with zero attached hydrogens (tertiary/aromatic N) is 2. The molecule has 0 bridgehead atoms. The van der Waals surface area contributed by atoms with Crippen molar-refractivity contribution in [1.82, 2.24) is 4.57 Å². The van der Waals surface area contributed by atoms with Crippen LogP contribution in [-0.2, 0) is 11.3 Å². The van der Waals surface area contributed by atoms with Gasteiger partial charge in [-0.05, 0) is 37.1 Å². The number of ether oxygens (including phenoxy) is 3. The summed E-state index contributed by atoms with van der Waals surface area (Å²) in [6, 6.07) is 11.0. The highest BCUT2D eigenvalue weighted by Gasteiger charge is 2.22. The number of anilines is 1. The van der Waals surface area contributed by atoms with Gasteiger partial charge in [0.1, 0.15) is 23.3 Å². The van der Waals surface area contributed by atoms with Gasteiger partial charge in [0, 0.05) is 12.7 Å². The molecule has 2 heterocycles. The molecule has 1 saturated heterocycles. The smallest absolute Gasteiger partial charge is 0.224 e. The van der Waals surface area contributed by atoms with Gasteiger partial charge in [-0.3, -0.25) is 4.57 Å². The van der Waals surface area contributed by atoms with E-state index in [1.807, 2.05) is 12.1 Å². The van der Waals surface area contributed by atoms with E-state index in [1.54, 1.807) is 29.9 Å². The van der Waals surface area contributed by atoms with Crippen molar-refractivity contribution < 1.29 is 14.2 Å². The summed E-state index contributed by atoms with van der Waals surface area (Å²) in [5, 5.41) is 9.33. The monoisotopic (exact) mass is 313 g/mol. The first-order valence-electron chi connectivity index (χ1n) is 7.54. The molecule has 23 heavy (non-hydrogen) atoms. The largest absolute Gasteiger partial charge is 0.497 e. The maximum atomic E-state index is 9.33. The fourth-order valence-corrected chi connectivity index (χ4v) is 2.69. The Bertz CT molecular complexity index is 710. The molecule has 2 aromatic rings. The molecule has 0 radical (unpaired) electrons. The van der Waals surface area contributed by atoms with Gasteiger partial charge in [0.15, 0.2) is 0 Å². The van der Waals surface area contributed by atoms with Crippen molar-refractivity contribution in [2.24, 2.45) is 0 Å². The molecule has 1 aromatic carbocycles. The van der Waals surface area contributed by atoms with Gasteiger partial charge in [0.2, 0.25) is 5.88 Å². The molecule has 1 fully saturated rings. The van der Waals surface area contributed by atoms with E-state index in [1.165, 1.54) is 0 Å². The summed E-state index contributed by atoms with van der Waals surface area (Å²) in [5.74, 6) is 1.86. The summed E-state index contributed by atoms with van der Waals surface area (Å²) in [7, 11) is 1.61. The number of benzene rings is 1. The lowest BCUT2D eigenvalue weighted by atomic mass is 10.2. The number of methoxy groups -OCH3 is 1. The van der Waals surface area contributed by atoms with Crippen LogP contribution in [0.2, 0.25) is 0 Å². The summed E-state index contributed by atoms with van der Waals surface area (Å²) < 4.78 is 18.5. The van der Waals surface area contributed by atoms with Crippen molar-refractivity contribution in [1.29, 1.82) is 5.26 Å². The lowest BCUT2D eigenvalue weighted by Gasteiger charge is -2.16. The van der Waals surface area contributed by atoms with Crippen LogP contribution in [0.25, 0.3) is 0 Å². The van der Waals surface area contributed by atoms with Crippen LogP contribution in [0.3, 0.4) is 0 Å². The summed E-state index contributed by atoms with van der Waals surface area (Å²) in [6.07, 6.45) is 2.11. The van der Waals surface area contributed by atoms with E-state index >= 15 is 0 Å². The topological polar surface area (TPSA) is 82.4 Å². The van der Waals surface area contributed by atoms with Crippen molar-refractivity contribution >= 4 is 5.69 Å². The van der Waals surface area contributed by atoms with Gasteiger partial charge in [-0.15, -0.1) is 0 Å². The zero-order valence-electron chi connectivity index (χ0n) is 13.0. The third-order valence-electron chi connectivity index (χ3n) is 3.87. The number of nitrogens with two attached hydrogens (primary N) is 1. The summed E-state index contributed by atoms with van der Waals surface area (Å²) >= 11 is 0. The van der Waals surface area contributed by atoms with Gasteiger partial charge in [0.05, 0.1) is 25.4 Å². The van der Waals surface area contributed by atoms with Crippen LogP contribution < -0.4 is 15.2 Å². The van der Waals surface area contributed by atoms with E-state index in [4.69, 9.17) is 19.9 Å². The molecule has 6 nitrogen and oxygen atoms in total. The molecule has 0 aliphatic carbocycles. The lowest BCUT2D eigenvalue weighted by Crippen LogP contribution is -2.16. The second-order valence-corrected chi connectivity index (χ2v) is 5.43. The Morgan fingerprint density at radius 2 is 2.09 bits per heavy atom. The molecule has 1 aliphatic rings. The van der Waals surface area contributed by atoms with E-state index in [9.17, 15) is 5.26 Å². The van der Waals surface area contributed by atoms with Crippen LogP contribution >= 0.6 is 0 Å². The van der Waals surface area contributed by atoms with Crippen LogP contribution in [-0.4, -0.2) is 24.4 Å². The molecule has 3 rings (SSSR count). The van der Waals surface area contributed by atoms with Gasteiger partial charge < -0.3 is 19.9 Å². The van der Waals surface area contributed by atoms with Gasteiger partial charge >= 0.3 is 0 Å². The number of hydrogen-bond donors (Lipinski definition) is 1. The van der Waals surface area contributed by atoms with Crippen molar-refractivity contribution in [3.8, 4) is 23.4 Å². The van der Waals surface area contributed by atoms with Crippen LogP contribution in [0.5, 0.6) is 17.4 Å². The van der Waals surface area contributed by atoms with E-state index in [-0.39, 0.29) is 6.10 Å². The minimum atomic E-state index is 0.0899. The van der Waals surface area contributed by atoms with Crippen LogP contribution in [0.15, 0.2) is 30.3 Å².